The Morgan fingerprint density at radius 3 is 2.41 bits per heavy atom. The maximum absolute atomic E-state index is 4.39. The summed E-state index contributed by atoms with van der Waals surface area (Å²) in [5.41, 5.74) is 4.55. The fourth-order valence-corrected chi connectivity index (χ4v) is 3.89. The molecule has 0 fully saturated rings. The van der Waals surface area contributed by atoms with Crippen LogP contribution in [-0.2, 0) is 0 Å². The Morgan fingerprint density at radius 1 is 0.852 bits per heavy atom. The summed E-state index contributed by atoms with van der Waals surface area (Å²) in [6.07, 6.45) is 1.53. The van der Waals surface area contributed by atoms with Crippen LogP contribution in [0.3, 0.4) is 0 Å². The maximum atomic E-state index is 4.39. The number of H-pyrrole nitrogens is 1. The molecule has 0 saturated carbocycles. The van der Waals surface area contributed by atoms with Crippen molar-refractivity contribution in [3.63, 3.8) is 0 Å². The molecule has 0 radical (unpaired) electrons. The topological polar surface area (TPSA) is 92.3 Å². The second-order valence-corrected chi connectivity index (χ2v) is 6.71. The van der Waals surface area contributed by atoms with Crippen LogP contribution in [0.1, 0.15) is 0 Å². The zero-order chi connectivity index (χ0) is 18.1. The van der Waals surface area contributed by atoms with Gasteiger partial charge in [0.15, 0.2) is 0 Å². The minimum absolute atomic E-state index is 0.367. The Bertz CT molecular complexity index is 1180. The Kier molecular flexibility index (Phi) is 3.80. The molecule has 0 bridgehead atoms. The van der Waals surface area contributed by atoms with Crippen LogP contribution in [0.15, 0.2) is 66.3 Å². The summed E-state index contributed by atoms with van der Waals surface area (Å²) in [5.74, 6) is 1.02. The molecule has 0 spiro atoms. The molecular weight excluding hydrogens is 358 g/mol. The van der Waals surface area contributed by atoms with E-state index >= 15 is 0 Å². The monoisotopic (exact) mass is 371 g/mol. The van der Waals surface area contributed by atoms with Gasteiger partial charge in [-0.15, -0.1) is 16.4 Å². The molecule has 0 aliphatic carbocycles. The zero-order valence-corrected chi connectivity index (χ0v) is 14.8. The molecule has 0 unspecified atom stereocenters. The van der Waals surface area contributed by atoms with Gasteiger partial charge in [0.1, 0.15) is 17.0 Å². The number of hydrogen-bond acceptors (Lipinski definition) is 7. The number of fused-ring (bicyclic) bond motifs is 1. The fraction of sp³-hybridized carbons (Fsp3) is 0. The molecule has 3 heterocycles. The molecule has 0 aliphatic rings. The Hall–Kier alpha value is -3.65. The first-order valence-electron chi connectivity index (χ1n) is 8.27. The lowest BCUT2D eigenvalue weighted by molar-refractivity contribution is 0.881. The summed E-state index contributed by atoms with van der Waals surface area (Å²) in [4.78, 5) is 9.65. The largest absolute Gasteiger partial charge is 0.305 e. The summed E-state index contributed by atoms with van der Waals surface area (Å²) >= 11 is 1.58. The van der Waals surface area contributed by atoms with Gasteiger partial charge >= 0.3 is 0 Å². The van der Waals surface area contributed by atoms with Crippen LogP contribution < -0.4 is 5.32 Å². The van der Waals surface area contributed by atoms with E-state index in [4.69, 9.17) is 0 Å². The van der Waals surface area contributed by atoms with E-state index in [-0.39, 0.29) is 0 Å². The lowest BCUT2D eigenvalue weighted by atomic mass is 10.0. The third kappa shape index (κ3) is 2.91. The minimum atomic E-state index is 0.367. The number of aromatic nitrogens is 6. The second-order valence-electron chi connectivity index (χ2n) is 5.86. The molecule has 0 saturated heterocycles. The predicted molar refractivity (Wildman–Crippen MR) is 106 cm³/mol. The summed E-state index contributed by atoms with van der Waals surface area (Å²) in [6, 6.07) is 18.8. The van der Waals surface area contributed by atoms with Crippen LogP contribution in [0.25, 0.3) is 32.5 Å². The number of thiophene rings is 1. The van der Waals surface area contributed by atoms with Gasteiger partial charge in [-0.2, -0.15) is 5.21 Å². The number of anilines is 2. The molecule has 130 valence electrons. The molecule has 2 aromatic carbocycles. The van der Waals surface area contributed by atoms with E-state index in [9.17, 15) is 0 Å². The highest BCUT2D eigenvalue weighted by molar-refractivity contribution is 7.17. The number of aromatic amines is 1. The van der Waals surface area contributed by atoms with E-state index in [2.05, 4.69) is 77.7 Å². The quantitative estimate of drug-likeness (QED) is 0.490. The van der Waals surface area contributed by atoms with E-state index < -0.39 is 0 Å². The van der Waals surface area contributed by atoms with E-state index in [0.717, 1.165) is 21.3 Å². The Labute approximate surface area is 158 Å². The van der Waals surface area contributed by atoms with Crippen molar-refractivity contribution in [2.75, 3.05) is 5.32 Å². The smallest absolute Gasteiger partial charge is 0.268 e. The molecule has 2 N–H and O–H groups in total. The number of nitrogens with zero attached hydrogens (tertiary/aromatic N) is 5. The van der Waals surface area contributed by atoms with Crippen molar-refractivity contribution >= 4 is 33.3 Å². The number of benzene rings is 2. The van der Waals surface area contributed by atoms with E-state index in [0.29, 0.717) is 11.8 Å². The molecule has 5 rings (SSSR count). The van der Waals surface area contributed by atoms with Crippen molar-refractivity contribution in [1.29, 1.82) is 0 Å². The Morgan fingerprint density at radius 2 is 1.63 bits per heavy atom. The van der Waals surface area contributed by atoms with E-state index in [1.165, 1.54) is 17.5 Å². The van der Waals surface area contributed by atoms with Crippen LogP contribution in [0.5, 0.6) is 0 Å². The summed E-state index contributed by atoms with van der Waals surface area (Å²) in [5, 5.41) is 20.0. The lowest BCUT2D eigenvalue weighted by Crippen LogP contribution is -1.97. The lowest BCUT2D eigenvalue weighted by Gasteiger charge is -2.07. The first-order valence-corrected chi connectivity index (χ1v) is 9.15. The molecule has 3 aromatic heterocycles. The number of rotatable bonds is 4. The average molecular weight is 371 g/mol. The second kappa shape index (κ2) is 6.58. The van der Waals surface area contributed by atoms with Gasteiger partial charge in [0.2, 0.25) is 0 Å². The van der Waals surface area contributed by atoms with Crippen LogP contribution in [-0.4, -0.2) is 30.6 Å². The molecule has 27 heavy (non-hydrogen) atoms. The van der Waals surface area contributed by atoms with Crippen molar-refractivity contribution in [3.8, 4) is 22.3 Å². The molecule has 7 nitrogen and oxygen atoms in total. The Balaban J connectivity index is 1.57. The molecular formula is C19H13N7S. The molecule has 0 aliphatic heterocycles. The van der Waals surface area contributed by atoms with Gasteiger partial charge in [0, 0.05) is 10.9 Å². The molecule has 8 heteroatoms. The van der Waals surface area contributed by atoms with Gasteiger partial charge in [-0.05, 0) is 21.9 Å². The van der Waals surface area contributed by atoms with Gasteiger partial charge in [0.05, 0.1) is 5.39 Å². The van der Waals surface area contributed by atoms with Crippen molar-refractivity contribution in [1.82, 2.24) is 30.6 Å². The first-order chi connectivity index (χ1) is 13.4. The van der Waals surface area contributed by atoms with Crippen molar-refractivity contribution < 1.29 is 0 Å². The number of nitrogens with one attached hydrogen (secondary N) is 2. The van der Waals surface area contributed by atoms with Gasteiger partial charge in [-0.1, -0.05) is 59.7 Å². The summed E-state index contributed by atoms with van der Waals surface area (Å²) < 4.78 is 0. The van der Waals surface area contributed by atoms with Crippen molar-refractivity contribution in [2.45, 2.75) is 0 Å². The van der Waals surface area contributed by atoms with Gasteiger partial charge in [-0.25, -0.2) is 9.97 Å². The highest BCUT2D eigenvalue weighted by atomic mass is 32.1. The summed E-state index contributed by atoms with van der Waals surface area (Å²) in [7, 11) is 0. The van der Waals surface area contributed by atoms with Gasteiger partial charge in [-0.3, -0.25) is 0 Å². The zero-order valence-electron chi connectivity index (χ0n) is 14.0. The van der Waals surface area contributed by atoms with Crippen molar-refractivity contribution in [2.24, 2.45) is 0 Å². The van der Waals surface area contributed by atoms with Gasteiger partial charge in [0.25, 0.3) is 5.95 Å². The highest BCUT2D eigenvalue weighted by Gasteiger charge is 2.14. The van der Waals surface area contributed by atoms with E-state index in [1.807, 2.05) is 18.2 Å². The maximum Gasteiger partial charge on any atom is 0.268 e. The molecule has 0 amide bonds. The normalized spacial score (nSPS) is 11.0. The van der Waals surface area contributed by atoms with E-state index in [1.54, 1.807) is 11.3 Å². The third-order valence-corrected chi connectivity index (χ3v) is 5.14. The number of tetrazole rings is 1. The minimum Gasteiger partial charge on any atom is -0.305 e. The molecule has 5 aromatic rings. The SMILES string of the molecule is c1ccc(-c2ccc(-c3csc4ncnc(Nc5nn[nH]n5)c34)cc2)cc1. The average Bonchev–Trinajstić information content (AvgIpc) is 3.39. The van der Waals surface area contributed by atoms with Crippen molar-refractivity contribution in [3.05, 3.63) is 66.3 Å². The predicted octanol–water partition coefficient (Wildman–Crippen LogP) is 4.28. The molecule has 0 atom stereocenters. The first kappa shape index (κ1) is 15.6. The highest BCUT2D eigenvalue weighted by Crippen LogP contribution is 2.37. The summed E-state index contributed by atoms with van der Waals surface area (Å²) in [6.45, 7) is 0. The van der Waals surface area contributed by atoms with Crippen LogP contribution in [0.2, 0.25) is 0 Å². The van der Waals surface area contributed by atoms with Crippen LogP contribution in [0, 0.1) is 0 Å². The number of hydrogen-bond donors (Lipinski definition) is 2. The van der Waals surface area contributed by atoms with Gasteiger partial charge < -0.3 is 5.32 Å². The van der Waals surface area contributed by atoms with Crippen LogP contribution >= 0.6 is 11.3 Å². The van der Waals surface area contributed by atoms with Crippen LogP contribution in [0.4, 0.5) is 11.8 Å². The standard InChI is InChI=1S/C19H13N7S/c1-2-4-12(5-3-1)13-6-8-14(9-7-13)15-10-27-18-16(15)17(20-11-21-18)22-19-23-25-26-24-19/h1-11H,(H2,20,21,22,23,24,25,26). The fourth-order valence-electron chi connectivity index (χ4n) is 2.98. The third-order valence-electron chi connectivity index (χ3n) is 4.25.